The van der Waals surface area contributed by atoms with Crippen molar-refractivity contribution in [1.82, 2.24) is 15.1 Å². The van der Waals surface area contributed by atoms with Crippen LogP contribution in [0.4, 0.5) is 5.69 Å². The number of H-pyrrole nitrogens is 1. The van der Waals surface area contributed by atoms with E-state index >= 15 is 0 Å². The lowest BCUT2D eigenvalue weighted by atomic mass is 10.2. The van der Waals surface area contributed by atoms with Crippen molar-refractivity contribution in [1.29, 1.82) is 0 Å². The number of nitrogens with zero attached hydrogens (tertiary/aromatic N) is 2. The molecule has 0 unspecified atom stereocenters. The van der Waals surface area contributed by atoms with Crippen LogP contribution in [0.15, 0.2) is 22.9 Å². The highest BCUT2D eigenvalue weighted by molar-refractivity contribution is 5.96. The molecule has 2 aromatic rings. The lowest BCUT2D eigenvalue weighted by molar-refractivity contribution is 0.0780. The summed E-state index contributed by atoms with van der Waals surface area (Å²) in [5.41, 5.74) is 7.26. The number of nitrogens with two attached hydrogens (primary N) is 1. The molecule has 3 N–H and O–H groups in total. The van der Waals surface area contributed by atoms with Crippen LogP contribution < -0.4 is 5.73 Å². The SMILES string of the molecule is Cc1occc1CN(C)C(=O)c1[nH]ncc1N. The zero-order valence-corrected chi connectivity index (χ0v) is 9.73. The molecule has 90 valence electrons. The van der Waals surface area contributed by atoms with Gasteiger partial charge in [-0.25, -0.2) is 0 Å². The Morgan fingerprint density at radius 1 is 1.65 bits per heavy atom. The summed E-state index contributed by atoms with van der Waals surface area (Å²) in [6, 6.07) is 1.84. The summed E-state index contributed by atoms with van der Waals surface area (Å²) in [7, 11) is 1.70. The Bertz CT molecular complexity index is 529. The number of furan rings is 1. The van der Waals surface area contributed by atoms with Crippen LogP contribution in [-0.2, 0) is 6.54 Å². The van der Waals surface area contributed by atoms with E-state index in [9.17, 15) is 4.79 Å². The maximum atomic E-state index is 12.0. The Kier molecular flexibility index (Phi) is 2.86. The molecule has 6 heteroatoms. The quantitative estimate of drug-likeness (QED) is 0.834. The molecule has 0 saturated carbocycles. The monoisotopic (exact) mass is 234 g/mol. The first-order chi connectivity index (χ1) is 8.09. The summed E-state index contributed by atoms with van der Waals surface area (Å²) in [6.07, 6.45) is 3.03. The molecule has 0 aliphatic carbocycles. The molecule has 0 aromatic carbocycles. The van der Waals surface area contributed by atoms with E-state index in [2.05, 4.69) is 10.2 Å². The number of nitrogens with one attached hydrogen (secondary N) is 1. The molecular formula is C11H14N4O2. The molecule has 0 radical (unpaired) electrons. The van der Waals surface area contributed by atoms with Crippen molar-refractivity contribution in [3.8, 4) is 0 Å². The van der Waals surface area contributed by atoms with Gasteiger partial charge in [0.2, 0.25) is 0 Å². The first-order valence-corrected chi connectivity index (χ1v) is 5.17. The second-order valence-corrected chi connectivity index (χ2v) is 3.86. The molecule has 1 amide bonds. The van der Waals surface area contributed by atoms with E-state index in [1.54, 1.807) is 18.2 Å². The molecule has 0 atom stereocenters. The average molecular weight is 234 g/mol. The summed E-state index contributed by atoms with van der Waals surface area (Å²) in [5.74, 6) is 0.614. The predicted octanol–water partition coefficient (Wildman–Crippen LogP) is 1.17. The van der Waals surface area contributed by atoms with E-state index in [1.807, 2.05) is 13.0 Å². The number of rotatable bonds is 3. The van der Waals surface area contributed by atoms with Crippen LogP contribution in [0.2, 0.25) is 0 Å². The van der Waals surface area contributed by atoms with Gasteiger partial charge in [-0.15, -0.1) is 0 Å². The Morgan fingerprint density at radius 3 is 2.94 bits per heavy atom. The van der Waals surface area contributed by atoms with Gasteiger partial charge in [-0.1, -0.05) is 0 Å². The molecule has 0 spiro atoms. The maximum absolute atomic E-state index is 12.0. The zero-order valence-electron chi connectivity index (χ0n) is 9.73. The number of aromatic nitrogens is 2. The standard InChI is InChI=1S/C11H14N4O2/c1-7-8(3-4-17-7)6-15(2)11(16)10-9(12)5-13-14-10/h3-5H,6,12H2,1-2H3,(H,13,14). The largest absolute Gasteiger partial charge is 0.469 e. The van der Waals surface area contributed by atoms with Gasteiger partial charge in [0.25, 0.3) is 5.91 Å². The van der Waals surface area contributed by atoms with Crippen LogP contribution in [0.25, 0.3) is 0 Å². The van der Waals surface area contributed by atoms with Crippen LogP contribution >= 0.6 is 0 Å². The molecule has 17 heavy (non-hydrogen) atoms. The number of aryl methyl sites for hydroxylation is 1. The molecule has 0 saturated heterocycles. The minimum atomic E-state index is -0.194. The normalized spacial score (nSPS) is 10.5. The number of carbonyl (C=O) groups is 1. The molecule has 0 aliphatic heterocycles. The van der Waals surface area contributed by atoms with Gasteiger partial charge in [0.1, 0.15) is 11.5 Å². The minimum Gasteiger partial charge on any atom is -0.469 e. The predicted molar refractivity (Wildman–Crippen MR) is 62.2 cm³/mol. The topological polar surface area (TPSA) is 88.2 Å². The highest BCUT2D eigenvalue weighted by Gasteiger charge is 2.17. The third kappa shape index (κ3) is 2.15. The van der Waals surface area contributed by atoms with Crippen LogP contribution in [-0.4, -0.2) is 28.1 Å². The molecule has 0 aliphatic rings. The van der Waals surface area contributed by atoms with Gasteiger partial charge in [0, 0.05) is 19.2 Å². The Balaban J connectivity index is 2.11. The third-order valence-corrected chi connectivity index (χ3v) is 2.60. The molecule has 0 fully saturated rings. The fourth-order valence-electron chi connectivity index (χ4n) is 1.56. The Labute approximate surface area is 98.4 Å². The van der Waals surface area contributed by atoms with E-state index in [-0.39, 0.29) is 5.91 Å². The molecule has 6 nitrogen and oxygen atoms in total. The minimum absolute atomic E-state index is 0.194. The van der Waals surface area contributed by atoms with Crippen molar-refractivity contribution in [3.63, 3.8) is 0 Å². The summed E-state index contributed by atoms with van der Waals surface area (Å²) in [4.78, 5) is 13.6. The molecule has 2 heterocycles. The first kappa shape index (κ1) is 11.3. The van der Waals surface area contributed by atoms with Gasteiger partial charge in [0.05, 0.1) is 18.1 Å². The van der Waals surface area contributed by atoms with Crippen LogP contribution in [0.1, 0.15) is 21.8 Å². The van der Waals surface area contributed by atoms with Gasteiger partial charge in [-0.2, -0.15) is 5.10 Å². The first-order valence-electron chi connectivity index (χ1n) is 5.17. The number of carbonyl (C=O) groups excluding carboxylic acids is 1. The van der Waals surface area contributed by atoms with Gasteiger partial charge in [-0.3, -0.25) is 9.89 Å². The maximum Gasteiger partial charge on any atom is 0.274 e. The van der Waals surface area contributed by atoms with Crippen molar-refractivity contribution >= 4 is 11.6 Å². The van der Waals surface area contributed by atoms with Crippen LogP contribution in [0.3, 0.4) is 0 Å². The zero-order chi connectivity index (χ0) is 12.4. The Hall–Kier alpha value is -2.24. The van der Waals surface area contributed by atoms with Crippen molar-refractivity contribution in [2.24, 2.45) is 0 Å². The molecule has 2 rings (SSSR count). The average Bonchev–Trinajstić information content (AvgIpc) is 2.88. The molecule has 2 aromatic heterocycles. The summed E-state index contributed by atoms with van der Waals surface area (Å²) < 4.78 is 5.18. The van der Waals surface area contributed by atoms with E-state index in [0.717, 1.165) is 11.3 Å². The number of hydrogen-bond acceptors (Lipinski definition) is 4. The van der Waals surface area contributed by atoms with Gasteiger partial charge >= 0.3 is 0 Å². The lowest BCUT2D eigenvalue weighted by Crippen LogP contribution is -2.27. The number of amides is 1. The number of anilines is 1. The fourth-order valence-corrected chi connectivity index (χ4v) is 1.56. The second kappa shape index (κ2) is 4.32. The van der Waals surface area contributed by atoms with E-state index < -0.39 is 0 Å². The third-order valence-electron chi connectivity index (χ3n) is 2.60. The second-order valence-electron chi connectivity index (χ2n) is 3.86. The highest BCUT2D eigenvalue weighted by Crippen LogP contribution is 2.14. The van der Waals surface area contributed by atoms with Crippen molar-refractivity contribution in [2.75, 3.05) is 12.8 Å². The number of hydrogen-bond donors (Lipinski definition) is 2. The van der Waals surface area contributed by atoms with E-state index in [4.69, 9.17) is 10.2 Å². The van der Waals surface area contributed by atoms with Gasteiger partial charge < -0.3 is 15.1 Å². The molecule has 0 bridgehead atoms. The van der Waals surface area contributed by atoms with Gasteiger partial charge in [-0.05, 0) is 13.0 Å². The van der Waals surface area contributed by atoms with Crippen molar-refractivity contribution < 1.29 is 9.21 Å². The smallest absolute Gasteiger partial charge is 0.274 e. The summed E-state index contributed by atoms with van der Waals surface area (Å²) in [5, 5.41) is 6.31. The van der Waals surface area contributed by atoms with E-state index in [0.29, 0.717) is 17.9 Å². The number of aromatic amines is 1. The number of nitrogen functional groups attached to an aromatic ring is 1. The van der Waals surface area contributed by atoms with Crippen LogP contribution in [0.5, 0.6) is 0 Å². The summed E-state index contributed by atoms with van der Waals surface area (Å²) in [6.45, 7) is 2.33. The summed E-state index contributed by atoms with van der Waals surface area (Å²) >= 11 is 0. The Morgan fingerprint density at radius 2 is 2.41 bits per heavy atom. The highest BCUT2D eigenvalue weighted by atomic mass is 16.3. The van der Waals surface area contributed by atoms with E-state index in [1.165, 1.54) is 6.20 Å². The lowest BCUT2D eigenvalue weighted by Gasteiger charge is -2.15. The van der Waals surface area contributed by atoms with Crippen LogP contribution in [0, 0.1) is 6.92 Å². The van der Waals surface area contributed by atoms with Crippen molar-refractivity contribution in [2.45, 2.75) is 13.5 Å². The van der Waals surface area contributed by atoms with Crippen molar-refractivity contribution in [3.05, 3.63) is 35.5 Å². The fraction of sp³-hybridized carbons (Fsp3) is 0.273. The van der Waals surface area contributed by atoms with Gasteiger partial charge in [0.15, 0.2) is 0 Å². The molecular weight excluding hydrogens is 220 g/mol.